The van der Waals surface area contributed by atoms with Gasteiger partial charge in [0, 0.05) is 53.9 Å². The molecule has 6 saturated carbocycles. The van der Waals surface area contributed by atoms with Crippen LogP contribution in [0, 0.1) is 10.8 Å². The molecule has 0 unspecified atom stereocenters. The van der Waals surface area contributed by atoms with Crippen LogP contribution in [0.2, 0.25) is 0 Å². The van der Waals surface area contributed by atoms with Crippen LogP contribution >= 0.6 is 0 Å². The second-order valence-corrected chi connectivity index (χ2v) is 13.9. The smallest absolute Gasteiger partial charge is 0.312 e. The van der Waals surface area contributed by atoms with Gasteiger partial charge in [0.1, 0.15) is 5.67 Å². The van der Waals surface area contributed by atoms with Gasteiger partial charge in [0.2, 0.25) is 11.7 Å². The lowest BCUT2D eigenvalue weighted by molar-refractivity contribution is -0.215. The highest BCUT2D eigenvalue weighted by molar-refractivity contribution is 5.95. The molecule has 4 bridgehead atoms. The van der Waals surface area contributed by atoms with Crippen LogP contribution in [0.15, 0.2) is 55.0 Å². The Kier molecular flexibility index (Phi) is 6.66. The maximum Gasteiger partial charge on any atom is 0.451 e. The Labute approximate surface area is 255 Å². The van der Waals surface area contributed by atoms with E-state index < -0.39 is 29.4 Å². The lowest BCUT2D eigenvalue weighted by Gasteiger charge is -2.66. The molecule has 0 spiro atoms. The molecule has 12 heteroatoms. The molecule has 0 aliphatic heterocycles. The molecule has 0 radical (unpaired) electrons. The fourth-order valence-electron chi connectivity index (χ4n) is 8.36. The highest BCUT2D eigenvalue weighted by Crippen LogP contribution is 2.71. The molecule has 3 aromatic rings. The molecule has 1 aromatic carbocycles. The molecule has 2 aromatic heterocycles. The van der Waals surface area contributed by atoms with E-state index in [0.29, 0.717) is 48.3 Å². The number of amides is 1. The van der Waals surface area contributed by atoms with Gasteiger partial charge in [-0.1, -0.05) is 12.1 Å². The molecular weight excluding hydrogens is 601 g/mol. The van der Waals surface area contributed by atoms with Gasteiger partial charge in [-0.25, -0.2) is 14.4 Å². The Bertz CT molecular complexity index is 1570. The van der Waals surface area contributed by atoms with Gasteiger partial charge in [-0.3, -0.25) is 9.78 Å². The summed E-state index contributed by atoms with van der Waals surface area (Å²) >= 11 is 0. The number of hydrogen-bond donors (Lipinski definition) is 0. The molecular formula is C33H31F7N4O. The van der Waals surface area contributed by atoms with E-state index in [9.17, 15) is 35.5 Å². The van der Waals surface area contributed by atoms with Crippen molar-refractivity contribution in [3.63, 3.8) is 0 Å². The van der Waals surface area contributed by atoms with Crippen LogP contribution in [0.5, 0.6) is 0 Å². The monoisotopic (exact) mass is 632 g/mol. The third kappa shape index (κ3) is 5.37. The number of carbonyl (C=O) groups excluding carboxylic acids is 1. The summed E-state index contributed by atoms with van der Waals surface area (Å²) in [7, 11) is 0. The second-order valence-electron chi connectivity index (χ2n) is 13.9. The predicted octanol–water partition coefficient (Wildman–Crippen LogP) is 8.48. The van der Waals surface area contributed by atoms with Crippen molar-refractivity contribution < 1.29 is 35.5 Å². The van der Waals surface area contributed by atoms with Crippen LogP contribution in [0.1, 0.15) is 81.3 Å². The van der Waals surface area contributed by atoms with E-state index in [4.69, 9.17) is 0 Å². The number of rotatable bonds is 7. The molecule has 9 rings (SSSR count). The number of alkyl halides is 7. The van der Waals surface area contributed by atoms with Crippen LogP contribution in [-0.4, -0.2) is 33.1 Å². The topological polar surface area (TPSA) is 59.0 Å². The molecule has 6 fully saturated rings. The average Bonchev–Trinajstić information content (AvgIpc) is 2.99. The molecule has 0 atom stereocenters. The summed E-state index contributed by atoms with van der Waals surface area (Å²) in [5.74, 6) is -1.35. The Hall–Kier alpha value is -3.57. The van der Waals surface area contributed by atoms with Gasteiger partial charge in [-0.2, -0.15) is 26.3 Å². The van der Waals surface area contributed by atoms with E-state index in [0.717, 1.165) is 63.2 Å². The summed E-state index contributed by atoms with van der Waals surface area (Å²) in [6.45, 7) is 0.423. The van der Waals surface area contributed by atoms with Crippen molar-refractivity contribution in [1.82, 2.24) is 15.0 Å². The first-order valence-corrected chi connectivity index (χ1v) is 15.1. The van der Waals surface area contributed by atoms with E-state index in [1.54, 1.807) is 29.2 Å². The molecule has 2 heterocycles. The number of pyridine rings is 1. The number of hydrogen-bond acceptors (Lipinski definition) is 4. The molecule has 6 aliphatic carbocycles. The van der Waals surface area contributed by atoms with Gasteiger partial charge < -0.3 is 4.90 Å². The SMILES string of the molecule is O=C(CC12CC(F)(C1)C2)N(CC12CCC(c3ccc(C(F)(F)F)cn3)(CC1)CC2)c1cccc(-c2cnc(C(F)(F)F)nc2)c1. The van der Waals surface area contributed by atoms with Crippen molar-refractivity contribution >= 4 is 11.6 Å². The fraction of sp³-hybridized carbons (Fsp3) is 0.515. The summed E-state index contributed by atoms with van der Waals surface area (Å²) in [6.07, 6.45) is -0.0806. The molecule has 45 heavy (non-hydrogen) atoms. The Morgan fingerprint density at radius 1 is 0.756 bits per heavy atom. The van der Waals surface area contributed by atoms with Crippen molar-refractivity contribution in [1.29, 1.82) is 0 Å². The number of benzene rings is 1. The summed E-state index contributed by atoms with van der Waals surface area (Å²) in [4.78, 5) is 26.9. The lowest BCUT2D eigenvalue weighted by atomic mass is 9.41. The quantitative estimate of drug-likeness (QED) is 0.245. The first-order valence-electron chi connectivity index (χ1n) is 15.1. The minimum Gasteiger partial charge on any atom is -0.312 e. The van der Waals surface area contributed by atoms with Crippen molar-refractivity contribution in [2.75, 3.05) is 11.4 Å². The standard InChI is InChI=1S/C33H31F7N4O/c34-31-17-29(18-31,19-31)13-26(45)44(24-3-1-2-21(12-24)22-14-42-27(43-15-22)33(38,39)40)20-28-6-9-30(10-7-28,11-8-28)25-5-4-23(16-41-25)32(35,36)37/h1-5,12,14-16H,6-11,13,17-20H2. The summed E-state index contributed by atoms with van der Waals surface area (Å²) in [6, 6.07) is 9.59. The van der Waals surface area contributed by atoms with Crippen LogP contribution in [-0.2, 0) is 22.6 Å². The zero-order valence-electron chi connectivity index (χ0n) is 24.3. The Morgan fingerprint density at radius 2 is 1.40 bits per heavy atom. The van der Waals surface area contributed by atoms with Gasteiger partial charge in [0.25, 0.3) is 0 Å². The van der Waals surface area contributed by atoms with Crippen molar-refractivity contribution in [2.45, 2.75) is 87.6 Å². The van der Waals surface area contributed by atoms with Crippen molar-refractivity contribution in [3.8, 4) is 11.1 Å². The van der Waals surface area contributed by atoms with E-state index in [-0.39, 0.29) is 28.6 Å². The molecule has 5 nitrogen and oxygen atoms in total. The van der Waals surface area contributed by atoms with Crippen LogP contribution < -0.4 is 4.90 Å². The van der Waals surface area contributed by atoms with E-state index in [1.165, 1.54) is 6.07 Å². The first-order chi connectivity index (χ1) is 21.1. The zero-order chi connectivity index (χ0) is 31.9. The van der Waals surface area contributed by atoms with E-state index in [1.807, 2.05) is 0 Å². The van der Waals surface area contributed by atoms with Crippen LogP contribution in [0.4, 0.5) is 36.4 Å². The normalized spacial score (nSPS) is 30.4. The molecule has 0 N–H and O–H groups in total. The van der Waals surface area contributed by atoms with Gasteiger partial charge >= 0.3 is 12.4 Å². The maximum atomic E-state index is 14.3. The highest BCUT2D eigenvalue weighted by atomic mass is 19.4. The van der Waals surface area contributed by atoms with E-state index >= 15 is 0 Å². The number of carbonyl (C=O) groups is 1. The number of fused-ring (bicyclic) bond motifs is 3. The largest absolute Gasteiger partial charge is 0.451 e. The molecule has 0 saturated heterocycles. The first kappa shape index (κ1) is 30.1. The number of aromatic nitrogens is 3. The van der Waals surface area contributed by atoms with Gasteiger partial charge in [0.05, 0.1) is 5.56 Å². The third-order valence-corrected chi connectivity index (χ3v) is 10.8. The molecule has 6 aliphatic rings. The third-order valence-electron chi connectivity index (χ3n) is 10.8. The second kappa shape index (κ2) is 9.96. The molecule has 238 valence electrons. The fourth-order valence-corrected chi connectivity index (χ4v) is 8.36. The van der Waals surface area contributed by atoms with Crippen molar-refractivity contribution in [2.24, 2.45) is 10.8 Å². The minimum atomic E-state index is -4.66. The molecule has 1 amide bonds. The maximum absolute atomic E-state index is 14.3. The Balaban J connectivity index is 1.13. The lowest BCUT2D eigenvalue weighted by Crippen LogP contribution is -2.65. The number of anilines is 1. The predicted molar refractivity (Wildman–Crippen MR) is 151 cm³/mol. The van der Waals surface area contributed by atoms with Gasteiger partial charge in [-0.05, 0) is 98.4 Å². The summed E-state index contributed by atoms with van der Waals surface area (Å²) in [5.41, 5.74) is -0.542. The summed E-state index contributed by atoms with van der Waals surface area (Å²) < 4.78 is 92.7. The summed E-state index contributed by atoms with van der Waals surface area (Å²) in [5, 5.41) is 0. The zero-order valence-corrected chi connectivity index (χ0v) is 24.3. The Morgan fingerprint density at radius 3 is 1.93 bits per heavy atom. The van der Waals surface area contributed by atoms with Crippen LogP contribution in [0.3, 0.4) is 0 Å². The highest BCUT2D eigenvalue weighted by Gasteiger charge is 2.69. The van der Waals surface area contributed by atoms with Crippen molar-refractivity contribution in [3.05, 3.63) is 72.1 Å². The van der Waals surface area contributed by atoms with Gasteiger partial charge in [-0.15, -0.1) is 0 Å². The van der Waals surface area contributed by atoms with Gasteiger partial charge in [0.15, 0.2) is 0 Å². The minimum absolute atomic E-state index is 0.112. The van der Waals surface area contributed by atoms with E-state index in [2.05, 4.69) is 15.0 Å². The number of halogens is 7. The number of nitrogens with zero attached hydrogens (tertiary/aromatic N) is 4. The average molecular weight is 633 g/mol. The van der Waals surface area contributed by atoms with Crippen LogP contribution in [0.25, 0.3) is 11.1 Å².